The van der Waals surface area contributed by atoms with Crippen molar-refractivity contribution in [2.24, 2.45) is 5.73 Å². The molecule has 1 amide bonds. The van der Waals surface area contributed by atoms with Gasteiger partial charge in [0.2, 0.25) is 5.91 Å². The Kier molecular flexibility index (Phi) is 2.24. The van der Waals surface area contributed by atoms with Crippen LogP contribution in [0.1, 0.15) is 11.4 Å². The molecule has 12 heavy (non-hydrogen) atoms. The average molecular weight is 162 g/mol. The Morgan fingerprint density at radius 2 is 2.25 bits per heavy atom. The van der Waals surface area contributed by atoms with Crippen molar-refractivity contribution in [3.63, 3.8) is 0 Å². The van der Waals surface area contributed by atoms with E-state index in [1.54, 1.807) is 6.07 Å². The summed E-state index contributed by atoms with van der Waals surface area (Å²) < 4.78 is 0. The molecule has 1 aromatic rings. The summed E-state index contributed by atoms with van der Waals surface area (Å²) in [5.74, 6) is -0.534. The second-order valence-corrected chi connectivity index (χ2v) is 2.51. The van der Waals surface area contributed by atoms with Crippen LogP contribution in [0.25, 0.3) is 5.57 Å². The Balaban J connectivity index is 3.04. The first-order valence-electron chi connectivity index (χ1n) is 3.54. The maximum absolute atomic E-state index is 10.7. The molecule has 0 saturated heterocycles. The summed E-state index contributed by atoms with van der Waals surface area (Å²) in [6, 6.07) is 5.36. The molecule has 1 rings (SSSR count). The highest BCUT2D eigenvalue weighted by molar-refractivity contribution is 6.17. The first-order valence-corrected chi connectivity index (χ1v) is 3.54. The number of amides is 1. The number of nitrogens with zero attached hydrogens (tertiary/aromatic N) is 1. The SMILES string of the molecule is C=C(C(N)=O)c1cccc(C)n1. The van der Waals surface area contributed by atoms with Crippen LogP contribution in [-0.4, -0.2) is 10.9 Å². The molecule has 0 spiro atoms. The van der Waals surface area contributed by atoms with Crippen LogP contribution in [0.4, 0.5) is 0 Å². The zero-order valence-corrected chi connectivity index (χ0v) is 6.87. The second-order valence-electron chi connectivity index (χ2n) is 2.51. The van der Waals surface area contributed by atoms with Gasteiger partial charge in [0.25, 0.3) is 0 Å². The number of carbonyl (C=O) groups excluding carboxylic acids is 1. The Bertz CT molecular complexity index is 331. The van der Waals surface area contributed by atoms with Gasteiger partial charge in [-0.3, -0.25) is 9.78 Å². The summed E-state index contributed by atoms with van der Waals surface area (Å²) in [5.41, 5.74) is 6.67. The summed E-state index contributed by atoms with van der Waals surface area (Å²) >= 11 is 0. The molecule has 1 aromatic heterocycles. The number of pyridine rings is 1. The highest BCUT2D eigenvalue weighted by Crippen LogP contribution is 2.08. The van der Waals surface area contributed by atoms with E-state index < -0.39 is 5.91 Å². The quantitative estimate of drug-likeness (QED) is 0.656. The molecule has 0 aliphatic carbocycles. The van der Waals surface area contributed by atoms with E-state index in [0.717, 1.165) is 5.69 Å². The largest absolute Gasteiger partial charge is 0.366 e. The van der Waals surface area contributed by atoms with Crippen molar-refractivity contribution in [3.05, 3.63) is 36.2 Å². The molecule has 0 aliphatic rings. The number of hydrogen-bond donors (Lipinski definition) is 1. The van der Waals surface area contributed by atoms with E-state index in [4.69, 9.17) is 5.73 Å². The molecule has 0 unspecified atom stereocenters. The topological polar surface area (TPSA) is 56.0 Å². The summed E-state index contributed by atoms with van der Waals surface area (Å²) in [5, 5.41) is 0. The van der Waals surface area contributed by atoms with Gasteiger partial charge in [-0.15, -0.1) is 0 Å². The molecular formula is C9H10N2O. The monoisotopic (exact) mass is 162 g/mol. The number of aryl methyl sites for hydroxylation is 1. The van der Waals surface area contributed by atoms with E-state index in [1.165, 1.54) is 0 Å². The fraction of sp³-hybridized carbons (Fsp3) is 0.111. The lowest BCUT2D eigenvalue weighted by atomic mass is 10.2. The van der Waals surface area contributed by atoms with Crippen LogP contribution in [0.3, 0.4) is 0 Å². The van der Waals surface area contributed by atoms with Crippen LogP contribution < -0.4 is 5.73 Å². The van der Waals surface area contributed by atoms with E-state index in [1.807, 2.05) is 19.1 Å². The first kappa shape index (κ1) is 8.46. The molecule has 0 atom stereocenters. The van der Waals surface area contributed by atoms with Gasteiger partial charge in [0.15, 0.2) is 0 Å². The highest BCUT2D eigenvalue weighted by Gasteiger charge is 2.05. The third-order valence-electron chi connectivity index (χ3n) is 1.49. The molecule has 0 bridgehead atoms. The summed E-state index contributed by atoms with van der Waals surface area (Å²) in [7, 11) is 0. The van der Waals surface area contributed by atoms with Crippen molar-refractivity contribution in [2.75, 3.05) is 0 Å². The van der Waals surface area contributed by atoms with Gasteiger partial charge in [-0.1, -0.05) is 12.6 Å². The van der Waals surface area contributed by atoms with Crippen LogP contribution in [0.2, 0.25) is 0 Å². The number of primary amides is 1. The standard InChI is InChI=1S/C9H10N2O/c1-6-4-3-5-8(11-6)7(2)9(10)12/h3-5H,2H2,1H3,(H2,10,12). The van der Waals surface area contributed by atoms with E-state index in [2.05, 4.69) is 11.6 Å². The molecule has 3 heteroatoms. The number of carbonyl (C=O) groups is 1. The van der Waals surface area contributed by atoms with Crippen molar-refractivity contribution in [2.45, 2.75) is 6.92 Å². The lowest BCUT2D eigenvalue weighted by Crippen LogP contribution is -2.12. The minimum atomic E-state index is -0.534. The number of aromatic nitrogens is 1. The van der Waals surface area contributed by atoms with E-state index in [-0.39, 0.29) is 5.57 Å². The molecule has 62 valence electrons. The van der Waals surface area contributed by atoms with Crippen molar-refractivity contribution >= 4 is 11.5 Å². The van der Waals surface area contributed by atoms with Gasteiger partial charge in [0.1, 0.15) is 0 Å². The van der Waals surface area contributed by atoms with Crippen LogP contribution in [0.15, 0.2) is 24.8 Å². The normalized spacial score (nSPS) is 9.42. The maximum Gasteiger partial charge on any atom is 0.250 e. The Hall–Kier alpha value is -1.64. The molecule has 0 saturated carbocycles. The minimum absolute atomic E-state index is 0.249. The van der Waals surface area contributed by atoms with Crippen molar-refractivity contribution in [1.29, 1.82) is 0 Å². The van der Waals surface area contributed by atoms with Crippen LogP contribution in [0.5, 0.6) is 0 Å². The molecule has 0 aliphatic heterocycles. The van der Waals surface area contributed by atoms with E-state index in [0.29, 0.717) is 5.69 Å². The maximum atomic E-state index is 10.7. The zero-order valence-electron chi connectivity index (χ0n) is 6.87. The Morgan fingerprint density at radius 3 is 2.75 bits per heavy atom. The van der Waals surface area contributed by atoms with E-state index in [9.17, 15) is 4.79 Å². The van der Waals surface area contributed by atoms with Crippen LogP contribution in [-0.2, 0) is 4.79 Å². The minimum Gasteiger partial charge on any atom is -0.366 e. The average Bonchev–Trinajstić information content (AvgIpc) is 2.03. The number of hydrogen-bond acceptors (Lipinski definition) is 2. The lowest BCUT2D eigenvalue weighted by Gasteiger charge is -2.00. The third-order valence-corrected chi connectivity index (χ3v) is 1.49. The van der Waals surface area contributed by atoms with Crippen molar-refractivity contribution in [1.82, 2.24) is 4.98 Å². The molecular weight excluding hydrogens is 152 g/mol. The van der Waals surface area contributed by atoms with Gasteiger partial charge in [-0.05, 0) is 19.1 Å². The molecule has 0 aromatic carbocycles. The zero-order chi connectivity index (χ0) is 9.14. The predicted octanol–water partition coefficient (Wildman–Crippen LogP) is 0.889. The van der Waals surface area contributed by atoms with Gasteiger partial charge >= 0.3 is 0 Å². The smallest absolute Gasteiger partial charge is 0.250 e. The Morgan fingerprint density at radius 1 is 1.58 bits per heavy atom. The third kappa shape index (κ3) is 1.69. The molecule has 0 fully saturated rings. The summed E-state index contributed by atoms with van der Waals surface area (Å²) in [6.07, 6.45) is 0. The summed E-state index contributed by atoms with van der Waals surface area (Å²) in [4.78, 5) is 14.8. The second kappa shape index (κ2) is 3.17. The molecule has 3 nitrogen and oxygen atoms in total. The number of nitrogens with two attached hydrogens (primary N) is 1. The van der Waals surface area contributed by atoms with E-state index >= 15 is 0 Å². The van der Waals surface area contributed by atoms with Crippen molar-refractivity contribution < 1.29 is 4.79 Å². The molecule has 2 N–H and O–H groups in total. The molecule has 0 radical (unpaired) electrons. The van der Waals surface area contributed by atoms with Crippen molar-refractivity contribution in [3.8, 4) is 0 Å². The Labute approximate surface area is 70.9 Å². The fourth-order valence-corrected chi connectivity index (χ4v) is 0.837. The van der Waals surface area contributed by atoms with Gasteiger partial charge in [-0.2, -0.15) is 0 Å². The first-order chi connectivity index (χ1) is 5.61. The summed E-state index contributed by atoms with van der Waals surface area (Å²) in [6.45, 7) is 5.37. The fourth-order valence-electron chi connectivity index (χ4n) is 0.837. The molecule has 1 heterocycles. The van der Waals surface area contributed by atoms with Gasteiger partial charge in [0.05, 0.1) is 11.3 Å². The van der Waals surface area contributed by atoms with Gasteiger partial charge in [-0.25, -0.2) is 0 Å². The van der Waals surface area contributed by atoms with Gasteiger partial charge in [0, 0.05) is 5.69 Å². The van der Waals surface area contributed by atoms with Crippen LogP contribution >= 0.6 is 0 Å². The lowest BCUT2D eigenvalue weighted by molar-refractivity contribution is -0.112. The highest BCUT2D eigenvalue weighted by atomic mass is 16.1. The van der Waals surface area contributed by atoms with Crippen LogP contribution in [0, 0.1) is 6.92 Å². The number of rotatable bonds is 2. The van der Waals surface area contributed by atoms with Gasteiger partial charge < -0.3 is 5.73 Å². The predicted molar refractivity (Wildman–Crippen MR) is 47.2 cm³/mol.